The van der Waals surface area contributed by atoms with Gasteiger partial charge in [-0.1, -0.05) is 38.1 Å². The molecule has 0 saturated carbocycles. The minimum absolute atomic E-state index is 0.0342. The molecule has 0 aliphatic rings. The molecule has 0 aromatic heterocycles. The summed E-state index contributed by atoms with van der Waals surface area (Å²) in [6, 6.07) is 11.4. The number of benzene rings is 2. The third-order valence-electron chi connectivity index (χ3n) is 4.22. The molecule has 2 N–H and O–H groups in total. The first kappa shape index (κ1) is 22.5. The molecule has 0 heterocycles. The summed E-state index contributed by atoms with van der Waals surface area (Å²) in [5, 5.41) is 15.9. The number of rotatable bonds is 8. The van der Waals surface area contributed by atoms with Crippen molar-refractivity contribution in [2.24, 2.45) is 0 Å². The molecule has 2 aromatic carbocycles. The maximum absolute atomic E-state index is 12.2. The SMILES string of the molecule is CC(C)c1ccccc1NC(=O)COC(=O)[C@H](C)NC(=O)c1cccc([N+](=O)[O-])c1. The number of amides is 2. The fourth-order valence-corrected chi connectivity index (χ4v) is 2.66. The minimum Gasteiger partial charge on any atom is -0.454 e. The van der Waals surface area contributed by atoms with Gasteiger partial charge in [-0.2, -0.15) is 0 Å². The lowest BCUT2D eigenvalue weighted by atomic mass is 10.0. The topological polar surface area (TPSA) is 128 Å². The van der Waals surface area contributed by atoms with Gasteiger partial charge in [0.2, 0.25) is 0 Å². The number of hydrogen-bond donors (Lipinski definition) is 2. The fraction of sp³-hybridized carbons (Fsp3) is 0.286. The number of nitro benzene ring substituents is 1. The van der Waals surface area contributed by atoms with E-state index in [2.05, 4.69) is 10.6 Å². The van der Waals surface area contributed by atoms with Gasteiger partial charge >= 0.3 is 5.97 Å². The van der Waals surface area contributed by atoms with Crippen molar-refractivity contribution in [3.63, 3.8) is 0 Å². The Morgan fingerprint density at radius 1 is 1.07 bits per heavy atom. The highest BCUT2D eigenvalue weighted by atomic mass is 16.6. The summed E-state index contributed by atoms with van der Waals surface area (Å²) in [5.74, 6) is -1.78. The zero-order chi connectivity index (χ0) is 22.3. The summed E-state index contributed by atoms with van der Waals surface area (Å²) < 4.78 is 4.96. The average Bonchev–Trinajstić information content (AvgIpc) is 2.72. The Balaban J connectivity index is 1.89. The number of nitrogens with one attached hydrogen (secondary N) is 2. The van der Waals surface area contributed by atoms with Crippen molar-refractivity contribution in [2.45, 2.75) is 32.7 Å². The molecule has 0 unspecified atom stereocenters. The number of nitro groups is 1. The van der Waals surface area contributed by atoms with Crippen molar-refractivity contribution in [1.29, 1.82) is 0 Å². The van der Waals surface area contributed by atoms with Crippen LogP contribution in [0, 0.1) is 10.1 Å². The molecule has 0 aliphatic carbocycles. The van der Waals surface area contributed by atoms with Gasteiger partial charge in [-0.15, -0.1) is 0 Å². The molecule has 2 amide bonds. The van der Waals surface area contributed by atoms with Gasteiger partial charge in [0.05, 0.1) is 4.92 Å². The fourth-order valence-electron chi connectivity index (χ4n) is 2.66. The number of nitrogens with zero attached hydrogens (tertiary/aromatic N) is 1. The summed E-state index contributed by atoms with van der Waals surface area (Å²) in [4.78, 5) is 46.6. The van der Waals surface area contributed by atoms with Crippen molar-refractivity contribution >= 4 is 29.2 Å². The third kappa shape index (κ3) is 6.13. The van der Waals surface area contributed by atoms with E-state index >= 15 is 0 Å². The largest absolute Gasteiger partial charge is 0.454 e. The summed E-state index contributed by atoms with van der Waals surface area (Å²) in [7, 11) is 0. The maximum atomic E-state index is 12.2. The van der Waals surface area contributed by atoms with E-state index in [4.69, 9.17) is 4.74 Å². The quantitative estimate of drug-likeness (QED) is 0.389. The van der Waals surface area contributed by atoms with E-state index in [0.717, 1.165) is 11.6 Å². The van der Waals surface area contributed by atoms with Gasteiger partial charge < -0.3 is 15.4 Å². The van der Waals surface area contributed by atoms with E-state index < -0.39 is 35.4 Å². The molecule has 2 rings (SSSR count). The second-order valence-corrected chi connectivity index (χ2v) is 6.90. The number of para-hydroxylation sites is 1. The Kier molecular flexibility index (Phi) is 7.62. The van der Waals surface area contributed by atoms with E-state index in [1.54, 1.807) is 12.1 Å². The first-order chi connectivity index (χ1) is 14.2. The van der Waals surface area contributed by atoms with E-state index in [0.29, 0.717) is 5.69 Å². The van der Waals surface area contributed by atoms with Crippen LogP contribution in [0.3, 0.4) is 0 Å². The Morgan fingerprint density at radius 3 is 2.43 bits per heavy atom. The first-order valence-corrected chi connectivity index (χ1v) is 9.29. The predicted octanol–water partition coefficient (Wildman–Crippen LogP) is 3.02. The predicted molar refractivity (Wildman–Crippen MR) is 110 cm³/mol. The van der Waals surface area contributed by atoms with Gasteiger partial charge in [-0.25, -0.2) is 4.79 Å². The molecule has 0 saturated heterocycles. The van der Waals surface area contributed by atoms with Crippen molar-refractivity contribution in [3.8, 4) is 0 Å². The number of carbonyl (C=O) groups excluding carboxylic acids is 3. The Labute approximate surface area is 173 Å². The van der Waals surface area contributed by atoms with Crippen LogP contribution in [0.15, 0.2) is 48.5 Å². The van der Waals surface area contributed by atoms with Crippen molar-refractivity contribution in [3.05, 3.63) is 69.8 Å². The lowest BCUT2D eigenvalue weighted by Gasteiger charge is -2.15. The molecule has 1 atom stereocenters. The van der Waals surface area contributed by atoms with Crippen LogP contribution < -0.4 is 10.6 Å². The molecule has 9 nitrogen and oxygen atoms in total. The first-order valence-electron chi connectivity index (χ1n) is 9.29. The average molecular weight is 413 g/mol. The third-order valence-corrected chi connectivity index (χ3v) is 4.22. The molecule has 9 heteroatoms. The number of esters is 1. The van der Waals surface area contributed by atoms with Gasteiger partial charge in [-0.05, 0) is 30.5 Å². The van der Waals surface area contributed by atoms with Gasteiger partial charge in [0.1, 0.15) is 6.04 Å². The molecule has 0 radical (unpaired) electrons. The summed E-state index contributed by atoms with van der Waals surface area (Å²) in [6.07, 6.45) is 0. The Morgan fingerprint density at radius 2 is 1.77 bits per heavy atom. The van der Waals surface area contributed by atoms with Crippen LogP contribution in [-0.2, 0) is 14.3 Å². The second kappa shape index (κ2) is 10.1. The highest BCUT2D eigenvalue weighted by molar-refractivity contribution is 5.98. The minimum atomic E-state index is -1.05. The zero-order valence-electron chi connectivity index (χ0n) is 16.9. The van der Waals surface area contributed by atoms with Crippen molar-refractivity contribution < 1.29 is 24.0 Å². The number of ether oxygens (including phenoxy) is 1. The Hall–Kier alpha value is -3.75. The van der Waals surface area contributed by atoms with Crippen LogP contribution in [0.25, 0.3) is 0 Å². The van der Waals surface area contributed by atoms with E-state index in [9.17, 15) is 24.5 Å². The number of non-ortho nitro benzene ring substituents is 1. The standard InChI is InChI=1S/C21H23N3O6/c1-13(2)17-9-4-5-10-18(17)23-19(25)12-30-21(27)14(3)22-20(26)15-7-6-8-16(11-15)24(28)29/h4-11,13-14H,12H2,1-3H3,(H,22,26)(H,23,25)/t14-/m0/s1. The summed E-state index contributed by atoms with van der Waals surface area (Å²) in [5.41, 5.74) is 1.39. The maximum Gasteiger partial charge on any atom is 0.328 e. The summed E-state index contributed by atoms with van der Waals surface area (Å²) >= 11 is 0. The molecule has 0 aliphatic heterocycles. The van der Waals surface area contributed by atoms with Crippen molar-refractivity contribution in [1.82, 2.24) is 5.32 Å². The molecule has 30 heavy (non-hydrogen) atoms. The monoisotopic (exact) mass is 413 g/mol. The van der Waals surface area contributed by atoms with Crippen LogP contribution >= 0.6 is 0 Å². The number of hydrogen-bond acceptors (Lipinski definition) is 6. The molecule has 0 fully saturated rings. The van der Waals surface area contributed by atoms with Crippen LogP contribution in [0.5, 0.6) is 0 Å². The number of anilines is 1. The molecular weight excluding hydrogens is 390 g/mol. The van der Waals surface area contributed by atoms with Gasteiger partial charge in [-0.3, -0.25) is 19.7 Å². The normalized spacial score (nSPS) is 11.5. The van der Waals surface area contributed by atoms with Gasteiger partial charge in [0.25, 0.3) is 17.5 Å². The highest BCUT2D eigenvalue weighted by Gasteiger charge is 2.20. The second-order valence-electron chi connectivity index (χ2n) is 6.90. The lowest BCUT2D eigenvalue weighted by Crippen LogP contribution is -2.40. The molecular formula is C21H23N3O6. The van der Waals surface area contributed by atoms with Crippen molar-refractivity contribution in [2.75, 3.05) is 11.9 Å². The molecule has 0 bridgehead atoms. The van der Waals surface area contributed by atoms with E-state index in [-0.39, 0.29) is 17.2 Å². The molecule has 2 aromatic rings. The molecule has 0 spiro atoms. The smallest absolute Gasteiger partial charge is 0.328 e. The summed E-state index contributed by atoms with van der Waals surface area (Å²) in [6.45, 7) is 4.87. The van der Waals surface area contributed by atoms with Crippen LogP contribution in [0.2, 0.25) is 0 Å². The molecule has 158 valence electrons. The van der Waals surface area contributed by atoms with E-state index in [1.807, 2.05) is 26.0 Å². The Bertz CT molecular complexity index is 957. The lowest BCUT2D eigenvalue weighted by molar-refractivity contribution is -0.384. The van der Waals surface area contributed by atoms with Crippen LogP contribution in [0.1, 0.15) is 42.6 Å². The van der Waals surface area contributed by atoms with Crippen LogP contribution in [-0.4, -0.2) is 35.4 Å². The highest BCUT2D eigenvalue weighted by Crippen LogP contribution is 2.23. The van der Waals surface area contributed by atoms with E-state index in [1.165, 1.54) is 25.1 Å². The number of carbonyl (C=O) groups is 3. The van der Waals surface area contributed by atoms with Gasteiger partial charge in [0.15, 0.2) is 6.61 Å². The van der Waals surface area contributed by atoms with Gasteiger partial charge in [0, 0.05) is 23.4 Å². The van der Waals surface area contributed by atoms with Crippen LogP contribution in [0.4, 0.5) is 11.4 Å². The zero-order valence-corrected chi connectivity index (χ0v) is 16.9.